The molecule has 2 aromatic heterocycles. The van der Waals surface area contributed by atoms with Crippen LogP contribution < -0.4 is 15.9 Å². The van der Waals surface area contributed by atoms with Gasteiger partial charge in [0.1, 0.15) is 5.52 Å². The maximum absolute atomic E-state index is 12.6. The van der Waals surface area contributed by atoms with Crippen molar-refractivity contribution in [1.82, 2.24) is 24.4 Å². The summed E-state index contributed by atoms with van der Waals surface area (Å²) in [5.41, 5.74) is 2.38. The Bertz CT molecular complexity index is 1000. The third-order valence-corrected chi connectivity index (χ3v) is 4.44. The van der Waals surface area contributed by atoms with Crippen molar-refractivity contribution in [3.05, 3.63) is 27.4 Å². The molecule has 2 aromatic rings. The second-order valence-corrected chi connectivity index (χ2v) is 7.10. The highest BCUT2D eigenvalue weighted by molar-refractivity contribution is 6.28. The molecule has 0 saturated carbocycles. The van der Waals surface area contributed by atoms with Crippen LogP contribution in [-0.2, 0) is 18.4 Å². The molecule has 3 heterocycles. The van der Waals surface area contributed by atoms with E-state index in [-0.39, 0.29) is 11.0 Å². The fraction of sp³-hybridized carbons (Fsp3) is 0.529. The molecular weight excluding hydrogens is 429 g/mol. The number of aryl methyl sites for hydroxylation is 1. The molecule has 0 unspecified atom stereocenters. The van der Waals surface area contributed by atoms with Gasteiger partial charge in [0, 0.05) is 39.8 Å². The third kappa shape index (κ3) is 5.51. The number of imidazole rings is 1. The zero-order chi connectivity index (χ0) is 22.6. The van der Waals surface area contributed by atoms with Crippen molar-refractivity contribution in [1.29, 1.82) is 0 Å². The number of nitrogens with zero attached hydrogens (tertiary/aromatic N) is 5. The number of carboxylic acids is 1. The van der Waals surface area contributed by atoms with Crippen LogP contribution in [0.1, 0.15) is 13.8 Å². The number of anilines is 1. The standard InChI is InChI=1S/C15H21ClN6O.C2HF3O2/c1-10(2)4-7-22-11-12(20(3)15(22)23)18-14(16)19-13(11)21-8-5-17-6-9-21;3-2(4,5)1(6)7/h4,17H,5-9H2,1-3H3;(H,6,7). The summed E-state index contributed by atoms with van der Waals surface area (Å²) in [4.78, 5) is 32.4. The number of fused-ring (bicyclic) bond motifs is 1. The van der Waals surface area contributed by atoms with Crippen LogP contribution in [0.25, 0.3) is 11.2 Å². The SMILES string of the molecule is CC(C)=CCn1c(=O)n(C)c2nc(Cl)nc(N3CCNCC3)c21.O=C(O)C(F)(F)F. The molecule has 0 radical (unpaired) electrons. The minimum atomic E-state index is -5.08. The van der Waals surface area contributed by atoms with Gasteiger partial charge in [-0.2, -0.15) is 23.1 Å². The smallest absolute Gasteiger partial charge is 0.475 e. The van der Waals surface area contributed by atoms with Crippen LogP contribution >= 0.6 is 11.6 Å². The molecule has 30 heavy (non-hydrogen) atoms. The summed E-state index contributed by atoms with van der Waals surface area (Å²) in [6.45, 7) is 7.95. The molecule has 0 amide bonds. The van der Waals surface area contributed by atoms with E-state index in [4.69, 9.17) is 21.5 Å². The van der Waals surface area contributed by atoms with Gasteiger partial charge in [0.15, 0.2) is 11.5 Å². The maximum Gasteiger partial charge on any atom is 0.490 e. The fourth-order valence-corrected chi connectivity index (χ4v) is 2.95. The Morgan fingerprint density at radius 1 is 1.27 bits per heavy atom. The number of rotatable bonds is 3. The van der Waals surface area contributed by atoms with E-state index in [0.29, 0.717) is 12.2 Å². The van der Waals surface area contributed by atoms with Crippen molar-refractivity contribution < 1.29 is 23.1 Å². The topological polar surface area (TPSA) is 105 Å². The zero-order valence-electron chi connectivity index (χ0n) is 16.6. The second kappa shape index (κ2) is 9.47. The molecule has 0 aromatic carbocycles. The monoisotopic (exact) mass is 450 g/mol. The van der Waals surface area contributed by atoms with E-state index >= 15 is 0 Å². The number of alkyl halides is 3. The number of aromatic nitrogens is 4. The Morgan fingerprint density at radius 2 is 1.83 bits per heavy atom. The molecule has 0 bridgehead atoms. The Labute approximate surface area is 174 Å². The van der Waals surface area contributed by atoms with E-state index in [2.05, 4.69) is 20.2 Å². The van der Waals surface area contributed by atoms with Crippen LogP contribution in [0.2, 0.25) is 5.28 Å². The summed E-state index contributed by atoms with van der Waals surface area (Å²) in [5.74, 6) is -2.02. The van der Waals surface area contributed by atoms with Gasteiger partial charge in [-0.05, 0) is 25.4 Å². The van der Waals surface area contributed by atoms with Gasteiger partial charge >= 0.3 is 17.8 Å². The number of allylic oxidation sites excluding steroid dienone is 2. The van der Waals surface area contributed by atoms with Gasteiger partial charge in [-0.25, -0.2) is 9.59 Å². The largest absolute Gasteiger partial charge is 0.490 e. The first-order chi connectivity index (χ1) is 13.9. The molecule has 1 aliphatic heterocycles. The highest BCUT2D eigenvalue weighted by atomic mass is 35.5. The van der Waals surface area contributed by atoms with Crippen LogP contribution in [0, 0.1) is 0 Å². The lowest BCUT2D eigenvalue weighted by Crippen LogP contribution is -2.44. The summed E-state index contributed by atoms with van der Waals surface area (Å²) in [6, 6.07) is 0. The molecule has 1 saturated heterocycles. The van der Waals surface area contributed by atoms with Crippen LogP contribution in [0.3, 0.4) is 0 Å². The van der Waals surface area contributed by atoms with Gasteiger partial charge in [-0.15, -0.1) is 0 Å². The number of carboxylic acid groups (broad SMARTS) is 1. The molecule has 3 rings (SSSR count). The zero-order valence-corrected chi connectivity index (χ0v) is 17.4. The van der Waals surface area contributed by atoms with Gasteiger partial charge < -0.3 is 15.3 Å². The predicted octanol–water partition coefficient (Wildman–Crippen LogP) is 1.79. The predicted molar refractivity (Wildman–Crippen MR) is 106 cm³/mol. The Hall–Kier alpha value is -2.60. The summed E-state index contributed by atoms with van der Waals surface area (Å²) < 4.78 is 35.0. The molecule has 0 aliphatic carbocycles. The Balaban J connectivity index is 0.000000396. The van der Waals surface area contributed by atoms with Crippen molar-refractivity contribution in [2.45, 2.75) is 26.6 Å². The number of halogens is 4. The van der Waals surface area contributed by atoms with Crippen LogP contribution in [0.5, 0.6) is 0 Å². The molecular formula is C17H22ClF3N6O3. The molecule has 9 nitrogen and oxygen atoms in total. The van der Waals surface area contributed by atoms with Crippen LogP contribution in [0.4, 0.5) is 19.0 Å². The summed E-state index contributed by atoms with van der Waals surface area (Å²) in [5, 5.41) is 10.6. The average Bonchev–Trinajstić information content (AvgIpc) is 2.90. The van der Waals surface area contributed by atoms with E-state index in [0.717, 1.165) is 43.1 Å². The lowest BCUT2D eigenvalue weighted by molar-refractivity contribution is -0.192. The van der Waals surface area contributed by atoms with Crippen molar-refractivity contribution >= 4 is 34.6 Å². The van der Waals surface area contributed by atoms with Crippen molar-refractivity contribution in [3.63, 3.8) is 0 Å². The number of hydrogen-bond donors (Lipinski definition) is 2. The van der Waals surface area contributed by atoms with E-state index < -0.39 is 12.1 Å². The summed E-state index contributed by atoms with van der Waals surface area (Å²) in [7, 11) is 1.72. The van der Waals surface area contributed by atoms with E-state index in [1.54, 1.807) is 11.6 Å². The lowest BCUT2D eigenvalue weighted by Gasteiger charge is -2.29. The second-order valence-electron chi connectivity index (χ2n) is 6.76. The average molecular weight is 451 g/mol. The maximum atomic E-state index is 12.6. The van der Waals surface area contributed by atoms with Crippen molar-refractivity contribution in [2.24, 2.45) is 7.05 Å². The minimum absolute atomic E-state index is 0.106. The van der Waals surface area contributed by atoms with Gasteiger partial charge in [0.05, 0.1) is 0 Å². The van der Waals surface area contributed by atoms with Crippen LogP contribution in [0.15, 0.2) is 16.4 Å². The van der Waals surface area contributed by atoms with Gasteiger partial charge in [-0.3, -0.25) is 9.13 Å². The molecule has 13 heteroatoms. The lowest BCUT2D eigenvalue weighted by atomic mass is 10.3. The quantitative estimate of drug-likeness (QED) is 0.542. The normalized spacial score (nSPS) is 14.3. The van der Waals surface area contributed by atoms with Gasteiger partial charge in [0.2, 0.25) is 5.28 Å². The number of hydrogen-bond acceptors (Lipinski definition) is 6. The molecule has 0 atom stereocenters. The van der Waals surface area contributed by atoms with E-state index in [1.807, 2.05) is 19.9 Å². The van der Waals surface area contributed by atoms with E-state index in [1.165, 1.54) is 4.57 Å². The van der Waals surface area contributed by atoms with Crippen LogP contribution in [-0.4, -0.2) is 62.5 Å². The number of carbonyl (C=O) groups is 1. The fourth-order valence-electron chi connectivity index (χ4n) is 2.79. The molecule has 0 spiro atoms. The molecule has 1 aliphatic rings. The summed E-state index contributed by atoms with van der Waals surface area (Å²) in [6.07, 6.45) is -3.06. The highest BCUT2D eigenvalue weighted by Crippen LogP contribution is 2.25. The number of piperazine rings is 1. The van der Waals surface area contributed by atoms with Gasteiger partial charge in [-0.1, -0.05) is 11.6 Å². The number of aliphatic carboxylic acids is 1. The van der Waals surface area contributed by atoms with Gasteiger partial charge in [0.25, 0.3) is 0 Å². The minimum Gasteiger partial charge on any atom is -0.475 e. The molecule has 2 N–H and O–H groups in total. The summed E-state index contributed by atoms with van der Waals surface area (Å²) >= 11 is 6.10. The van der Waals surface area contributed by atoms with Crippen molar-refractivity contribution in [2.75, 3.05) is 31.1 Å². The third-order valence-electron chi connectivity index (χ3n) is 4.27. The Kier molecular flexibility index (Phi) is 7.48. The highest BCUT2D eigenvalue weighted by Gasteiger charge is 2.38. The number of nitrogens with one attached hydrogen (secondary N) is 1. The first kappa shape index (κ1) is 23.7. The van der Waals surface area contributed by atoms with E-state index in [9.17, 15) is 18.0 Å². The molecule has 166 valence electrons. The molecule has 1 fully saturated rings. The Morgan fingerprint density at radius 3 is 2.33 bits per heavy atom. The first-order valence-corrected chi connectivity index (χ1v) is 9.33. The first-order valence-electron chi connectivity index (χ1n) is 8.95. The van der Waals surface area contributed by atoms with Crippen molar-refractivity contribution in [3.8, 4) is 0 Å².